The fourth-order valence-electron chi connectivity index (χ4n) is 3.08. The van der Waals surface area contributed by atoms with Gasteiger partial charge in [-0.05, 0) is 35.7 Å². The van der Waals surface area contributed by atoms with E-state index in [1.54, 1.807) is 24.4 Å². The van der Waals surface area contributed by atoms with Crippen molar-refractivity contribution in [1.29, 1.82) is 0 Å². The number of anilines is 1. The van der Waals surface area contributed by atoms with Gasteiger partial charge >= 0.3 is 6.18 Å². The first kappa shape index (κ1) is 15.4. The Kier molecular flexibility index (Phi) is 3.05. The number of nitrogens with one attached hydrogen (secondary N) is 1. The Bertz CT molecular complexity index is 1120. The summed E-state index contributed by atoms with van der Waals surface area (Å²) in [5.74, 6) is -1.01. The number of hydrogen-bond acceptors (Lipinski definition) is 3. The minimum absolute atomic E-state index is 0.0990. The Balaban J connectivity index is 2.07. The Hall–Kier alpha value is -3.10. The molecule has 4 aromatic rings. The fraction of sp³-hybridized carbons (Fsp3) is 0.125. The average molecular weight is 349 g/mol. The van der Waals surface area contributed by atoms with Crippen molar-refractivity contribution in [1.82, 2.24) is 19.8 Å². The number of H-pyrrole nitrogens is 1. The lowest BCUT2D eigenvalue weighted by Gasteiger charge is -2.15. The summed E-state index contributed by atoms with van der Waals surface area (Å²) in [6, 6.07) is 4.94. The van der Waals surface area contributed by atoms with E-state index in [-0.39, 0.29) is 16.5 Å². The molecule has 0 amide bonds. The van der Waals surface area contributed by atoms with Crippen LogP contribution >= 0.6 is 0 Å². The number of benzene rings is 1. The predicted molar refractivity (Wildman–Crippen MR) is 84.4 cm³/mol. The Morgan fingerprint density at radius 2 is 2.00 bits per heavy atom. The maximum absolute atomic E-state index is 14.6. The van der Waals surface area contributed by atoms with Crippen molar-refractivity contribution < 1.29 is 17.6 Å². The second-order valence-corrected chi connectivity index (χ2v) is 5.70. The van der Waals surface area contributed by atoms with E-state index < -0.39 is 17.6 Å². The quantitative estimate of drug-likeness (QED) is 0.512. The SMILES string of the molecule is Cc1c(F)c(C(F)(F)F)c2[nH]ncc2c1-c1ccn2nc(N)cc2c1. The molecule has 0 unspecified atom stereocenters. The van der Waals surface area contributed by atoms with Crippen molar-refractivity contribution in [2.45, 2.75) is 13.1 Å². The van der Waals surface area contributed by atoms with Crippen molar-refractivity contribution in [3.05, 3.63) is 47.5 Å². The van der Waals surface area contributed by atoms with E-state index in [9.17, 15) is 17.6 Å². The molecule has 4 rings (SSSR count). The number of nitrogens with two attached hydrogens (primary N) is 1. The monoisotopic (exact) mass is 349 g/mol. The van der Waals surface area contributed by atoms with Gasteiger partial charge in [-0.15, -0.1) is 0 Å². The number of nitrogen functional groups attached to an aromatic ring is 1. The van der Waals surface area contributed by atoms with Gasteiger partial charge in [0.15, 0.2) is 0 Å². The molecular weight excluding hydrogens is 338 g/mol. The molecule has 3 aromatic heterocycles. The highest BCUT2D eigenvalue weighted by Crippen LogP contribution is 2.42. The maximum atomic E-state index is 14.6. The van der Waals surface area contributed by atoms with Crippen molar-refractivity contribution in [3.63, 3.8) is 0 Å². The molecule has 0 saturated carbocycles. The predicted octanol–water partition coefficient (Wildman–Crippen LogP) is 3.93. The highest BCUT2D eigenvalue weighted by atomic mass is 19.4. The van der Waals surface area contributed by atoms with Crippen LogP contribution in [0.3, 0.4) is 0 Å². The van der Waals surface area contributed by atoms with Gasteiger partial charge in [-0.25, -0.2) is 8.91 Å². The molecule has 3 heterocycles. The highest BCUT2D eigenvalue weighted by Gasteiger charge is 2.39. The number of halogens is 4. The number of fused-ring (bicyclic) bond motifs is 2. The molecule has 128 valence electrons. The van der Waals surface area contributed by atoms with Gasteiger partial charge < -0.3 is 5.73 Å². The number of hydrogen-bond donors (Lipinski definition) is 2. The lowest BCUT2D eigenvalue weighted by atomic mass is 9.93. The summed E-state index contributed by atoms with van der Waals surface area (Å²) in [6.07, 6.45) is -1.95. The zero-order chi connectivity index (χ0) is 17.9. The second kappa shape index (κ2) is 4.95. The van der Waals surface area contributed by atoms with Gasteiger partial charge in [0.05, 0.1) is 17.2 Å². The smallest absolute Gasteiger partial charge is 0.382 e. The van der Waals surface area contributed by atoms with Crippen LogP contribution in [-0.4, -0.2) is 19.8 Å². The number of nitrogens with zero attached hydrogens (tertiary/aromatic N) is 3. The normalized spacial score (nSPS) is 12.4. The molecule has 0 spiro atoms. The van der Waals surface area contributed by atoms with Gasteiger partial charge in [0, 0.05) is 17.6 Å². The van der Waals surface area contributed by atoms with Crippen LogP contribution in [0.1, 0.15) is 11.1 Å². The summed E-state index contributed by atoms with van der Waals surface area (Å²) in [6.45, 7) is 1.32. The van der Waals surface area contributed by atoms with Crippen LogP contribution in [0.15, 0.2) is 30.6 Å². The van der Waals surface area contributed by atoms with E-state index in [4.69, 9.17) is 5.73 Å². The lowest BCUT2D eigenvalue weighted by molar-refractivity contribution is -0.138. The molecule has 0 saturated heterocycles. The minimum atomic E-state index is -4.83. The molecule has 0 fully saturated rings. The van der Waals surface area contributed by atoms with Gasteiger partial charge in [-0.2, -0.15) is 23.4 Å². The highest BCUT2D eigenvalue weighted by molar-refractivity contribution is 5.98. The number of aromatic amines is 1. The summed E-state index contributed by atoms with van der Waals surface area (Å²) in [4.78, 5) is 0. The molecule has 0 bridgehead atoms. The Labute approximate surface area is 138 Å². The zero-order valence-corrected chi connectivity index (χ0v) is 12.8. The first-order valence-corrected chi connectivity index (χ1v) is 7.25. The van der Waals surface area contributed by atoms with Crippen molar-refractivity contribution >= 4 is 22.2 Å². The van der Waals surface area contributed by atoms with Gasteiger partial charge in [-0.1, -0.05) is 0 Å². The lowest BCUT2D eigenvalue weighted by Crippen LogP contribution is -2.11. The molecule has 0 aliphatic heterocycles. The molecule has 1 aromatic carbocycles. The van der Waals surface area contributed by atoms with Crippen molar-refractivity contribution in [3.8, 4) is 11.1 Å². The Morgan fingerprint density at radius 3 is 2.72 bits per heavy atom. The number of pyridine rings is 1. The summed E-state index contributed by atoms with van der Waals surface area (Å²) in [7, 11) is 0. The molecule has 0 aliphatic carbocycles. The number of alkyl halides is 3. The summed E-state index contributed by atoms with van der Waals surface area (Å²) in [5, 5.41) is 10.2. The molecular formula is C16H11F4N5. The summed E-state index contributed by atoms with van der Waals surface area (Å²) in [5.41, 5.74) is 5.36. The van der Waals surface area contributed by atoms with Crippen LogP contribution in [0.25, 0.3) is 27.5 Å². The van der Waals surface area contributed by atoms with Crippen molar-refractivity contribution in [2.24, 2.45) is 0 Å². The standard InChI is InChI=1S/C16H11F4N5/c1-7-12(8-2-3-25-9(4-8)5-11(21)24-25)10-6-22-23-15(10)13(14(7)17)16(18,19)20/h2-6H,1H3,(H2,21,24)(H,22,23). The van der Waals surface area contributed by atoms with E-state index in [0.717, 1.165) is 0 Å². The van der Waals surface area contributed by atoms with Gasteiger partial charge in [0.1, 0.15) is 17.2 Å². The van der Waals surface area contributed by atoms with Crippen LogP contribution in [0.5, 0.6) is 0 Å². The summed E-state index contributed by atoms with van der Waals surface area (Å²) >= 11 is 0. The van der Waals surface area contributed by atoms with Gasteiger partial charge in [0.2, 0.25) is 0 Å². The molecule has 3 N–H and O–H groups in total. The van der Waals surface area contributed by atoms with Crippen LogP contribution in [0.4, 0.5) is 23.4 Å². The van der Waals surface area contributed by atoms with E-state index in [1.165, 1.54) is 17.6 Å². The van der Waals surface area contributed by atoms with Crippen LogP contribution in [0, 0.1) is 12.7 Å². The largest absolute Gasteiger partial charge is 0.421 e. The van der Waals surface area contributed by atoms with Crippen LogP contribution in [0.2, 0.25) is 0 Å². The van der Waals surface area contributed by atoms with Gasteiger partial charge in [-0.3, -0.25) is 5.10 Å². The van der Waals surface area contributed by atoms with E-state index in [1.807, 2.05) is 0 Å². The van der Waals surface area contributed by atoms with Gasteiger partial charge in [0.25, 0.3) is 0 Å². The molecule has 0 atom stereocenters. The average Bonchev–Trinajstić information content (AvgIpc) is 3.11. The third kappa shape index (κ3) is 2.23. The summed E-state index contributed by atoms with van der Waals surface area (Å²) < 4.78 is 55.9. The van der Waals surface area contributed by atoms with Crippen molar-refractivity contribution in [2.75, 3.05) is 5.73 Å². The molecule has 5 nitrogen and oxygen atoms in total. The molecule has 25 heavy (non-hydrogen) atoms. The van der Waals surface area contributed by atoms with E-state index in [2.05, 4.69) is 15.3 Å². The molecule has 0 radical (unpaired) electrons. The fourth-order valence-corrected chi connectivity index (χ4v) is 3.08. The van der Waals surface area contributed by atoms with E-state index >= 15 is 0 Å². The maximum Gasteiger partial charge on any atom is 0.421 e. The van der Waals surface area contributed by atoms with Crippen LogP contribution < -0.4 is 5.73 Å². The zero-order valence-electron chi connectivity index (χ0n) is 12.8. The first-order valence-electron chi connectivity index (χ1n) is 7.25. The third-order valence-corrected chi connectivity index (χ3v) is 4.14. The minimum Gasteiger partial charge on any atom is -0.382 e. The third-order valence-electron chi connectivity index (χ3n) is 4.14. The topological polar surface area (TPSA) is 72.0 Å². The number of rotatable bonds is 1. The molecule has 9 heteroatoms. The second-order valence-electron chi connectivity index (χ2n) is 5.70. The van der Waals surface area contributed by atoms with Crippen LogP contribution in [-0.2, 0) is 6.18 Å². The first-order chi connectivity index (χ1) is 11.8. The number of aromatic nitrogens is 4. The Morgan fingerprint density at radius 1 is 1.24 bits per heavy atom. The molecule has 0 aliphatic rings. The van der Waals surface area contributed by atoms with E-state index in [0.29, 0.717) is 22.5 Å².